The van der Waals surface area contributed by atoms with E-state index in [4.69, 9.17) is 9.84 Å². The number of carboxylic acids is 1. The van der Waals surface area contributed by atoms with Crippen molar-refractivity contribution in [1.82, 2.24) is 5.32 Å². The summed E-state index contributed by atoms with van der Waals surface area (Å²) in [7, 11) is 0. The molecular formula is C11H19NO4. The van der Waals surface area contributed by atoms with Gasteiger partial charge in [-0.1, -0.05) is 0 Å². The van der Waals surface area contributed by atoms with Crippen LogP contribution in [0.1, 0.15) is 38.5 Å². The summed E-state index contributed by atoms with van der Waals surface area (Å²) in [6.45, 7) is 1.25. The molecule has 0 aliphatic carbocycles. The molecule has 1 aliphatic heterocycles. The highest BCUT2D eigenvalue weighted by Crippen LogP contribution is 2.16. The third-order valence-electron chi connectivity index (χ3n) is 2.61. The van der Waals surface area contributed by atoms with E-state index in [9.17, 15) is 9.59 Å². The van der Waals surface area contributed by atoms with Gasteiger partial charge in [-0.05, 0) is 25.7 Å². The lowest BCUT2D eigenvalue weighted by Gasteiger charge is -2.08. The van der Waals surface area contributed by atoms with Gasteiger partial charge in [-0.25, -0.2) is 0 Å². The molecule has 0 radical (unpaired) electrons. The summed E-state index contributed by atoms with van der Waals surface area (Å²) in [6.07, 6.45) is 4.21. The summed E-state index contributed by atoms with van der Waals surface area (Å²) in [5.41, 5.74) is 0. The second-order valence-electron chi connectivity index (χ2n) is 4.02. The Morgan fingerprint density at radius 3 is 2.81 bits per heavy atom. The van der Waals surface area contributed by atoms with Crippen LogP contribution in [-0.4, -0.2) is 36.2 Å². The lowest BCUT2D eigenvalue weighted by atomic mass is 10.1. The minimum absolute atomic E-state index is 0.0131. The molecule has 0 aromatic heterocycles. The molecule has 2 N–H and O–H groups in total. The van der Waals surface area contributed by atoms with E-state index in [0.29, 0.717) is 19.4 Å². The average Bonchev–Trinajstić information content (AvgIpc) is 2.74. The Kier molecular flexibility index (Phi) is 5.85. The highest BCUT2D eigenvalue weighted by Gasteiger charge is 2.16. The standard InChI is InChI=1S/C11H19NO4/c13-10(12-7-1-4-11(14)15)6-5-9-3-2-8-16-9/h9H,1-8H2,(H,12,13)(H,14,15). The molecule has 0 spiro atoms. The number of rotatable bonds is 7. The van der Waals surface area contributed by atoms with Crippen molar-refractivity contribution in [3.63, 3.8) is 0 Å². The molecule has 1 amide bonds. The summed E-state index contributed by atoms with van der Waals surface area (Å²) < 4.78 is 5.40. The maximum atomic E-state index is 11.3. The molecule has 0 bridgehead atoms. The number of hydrogen-bond donors (Lipinski definition) is 2. The van der Waals surface area contributed by atoms with Crippen molar-refractivity contribution >= 4 is 11.9 Å². The molecule has 0 aromatic carbocycles. The van der Waals surface area contributed by atoms with Crippen LogP contribution in [0.4, 0.5) is 0 Å². The first-order valence-corrected chi connectivity index (χ1v) is 5.78. The fourth-order valence-corrected chi connectivity index (χ4v) is 1.72. The molecule has 1 aliphatic rings. The fourth-order valence-electron chi connectivity index (χ4n) is 1.72. The van der Waals surface area contributed by atoms with Gasteiger partial charge in [0.2, 0.25) is 5.91 Å². The zero-order chi connectivity index (χ0) is 11.8. The first kappa shape index (κ1) is 13.0. The summed E-state index contributed by atoms with van der Waals surface area (Å²) in [5.74, 6) is -0.838. The van der Waals surface area contributed by atoms with E-state index in [-0.39, 0.29) is 18.4 Å². The number of amides is 1. The van der Waals surface area contributed by atoms with E-state index in [1.165, 1.54) is 0 Å². The summed E-state index contributed by atoms with van der Waals surface area (Å²) in [6, 6.07) is 0. The molecule has 16 heavy (non-hydrogen) atoms. The molecule has 1 unspecified atom stereocenters. The van der Waals surface area contributed by atoms with Crippen LogP contribution in [0.25, 0.3) is 0 Å². The van der Waals surface area contributed by atoms with E-state index in [1.54, 1.807) is 0 Å². The minimum atomic E-state index is -0.825. The fraction of sp³-hybridized carbons (Fsp3) is 0.818. The lowest BCUT2D eigenvalue weighted by molar-refractivity contribution is -0.137. The van der Waals surface area contributed by atoms with E-state index in [2.05, 4.69) is 5.32 Å². The highest BCUT2D eigenvalue weighted by molar-refractivity contribution is 5.75. The molecule has 1 heterocycles. The van der Waals surface area contributed by atoms with Crippen LogP contribution in [0.3, 0.4) is 0 Å². The first-order chi connectivity index (χ1) is 7.68. The van der Waals surface area contributed by atoms with Gasteiger partial charge in [0.1, 0.15) is 0 Å². The molecule has 1 atom stereocenters. The maximum absolute atomic E-state index is 11.3. The number of carbonyl (C=O) groups is 2. The third-order valence-corrected chi connectivity index (χ3v) is 2.61. The lowest BCUT2D eigenvalue weighted by Crippen LogP contribution is -2.25. The second-order valence-corrected chi connectivity index (χ2v) is 4.02. The van der Waals surface area contributed by atoms with Gasteiger partial charge >= 0.3 is 5.97 Å². The second kappa shape index (κ2) is 7.22. The third kappa shape index (κ3) is 5.70. The van der Waals surface area contributed by atoms with Gasteiger partial charge in [-0.15, -0.1) is 0 Å². The van der Waals surface area contributed by atoms with E-state index >= 15 is 0 Å². The number of carboxylic acid groups (broad SMARTS) is 1. The van der Waals surface area contributed by atoms with Gasteiger partial charge in [0, 0.05) is 26.0 Å². The Morgan fingerprint density at radius 1 is 1.38 bits per heavy atom. The van der Waals surface area contributed by atoms with Gasteiger partial charge in [-0.3, -0.25) is 9.59 Å². The summed E-state index contributed by atoms with van der Waals surface area (Å²) in [5, 5.41) is 11.1. The Hall–Kier alpha value is -1.10. The molecule has 92 valence electrons. The normalized spacial score (nSPS) is 19.6. The van der Waals surface area contributed by atoms with Crippen LogP contribution in [0.2, 0.25) is 0 Å². The predicted molar refractivity (Wildman–Crippen MR) is 58.1 cm³/mol. The van der Waals surface area contributed by atoms with Crippen LogP contribution in [0, 0.1) is 0 Å². The van der Waals surface area contributed by atoms with E-state index < -0.39 is 5.97 Å². The van der Waals surface area contributed by atoms with Crippen molar-refractivity contribution in [2.24, 2.45) is 0 Å². The Morgan fingerprint density at radius 2 is 2.19 bits per heavy atom. The van der Waals surface area contributed by atoms with Gasteiger partial charge < -0.3 is 15.2 Å². The van der Waals surface area contributed by atoms with Crippen LogP contribution in [-0.2, 0) is 14.3 Å². The van der Waals surface area contributed by atoms with Crippen molar-refractivity contribution in [2.45, 2.75) is 44.6 Å². The molecule has 0 aromatic rings. The number of ether oxygens (including phenoxy) is 1. The SMILES string of the molecule is O=C(O)CCCNC(=O)CCC1CCCO1. The monoisotopic (exact) mass is 229 g/mol. The summed E-state index contributed by atoms with van der Waals surface area (Å²) >= 11 is 0. The molecule has 5 heteroatoms. The highest BCUT2D eigenvalue weighted by atomic mass is 16.5. The van der Waals surface area contributed by atoms with Gasteiger partial charge in [-0.2, -0.15) is 0 Å². The minimum Gasteiger partial charge on any atom is -0.481 e. The predicted octanol–water partition coefficient (Wildman–Crippen LogP) is 0.927. The molecule has 1 fully saturated rings. The molecule has 0 saturated carbocycles. The first-order valence-electron chi connectivity index (χ1n) is 5.78. The zero-order valence-corrected chi connectivity index (χ0v) is 9.41. The largest absolute Gasteiger partial charge is 0.481 e. The molecule has 5 nitrogen and oxygen atoms in total. The maximum Gasteiger partial charge on any atom is 0.303 e. The number of aliphatic carboxylic acids is 1. The Labute approximate surface area is 95.2 Å². The van der Waals surface area contributed by atoms with Gasteiger partial charge in [0.05, 0.1) is 6.10 Å². The van der Waals surface area contributed by atoms with Crippen LogP contribution < -0.4 is 5.32 Å². The smallest absolute Gasteiger partial charge is 0.303 e. The van der Waals surface area contributed by atoms with Crippen molar-refractivity contribution in [1.29, 1.82) is 0 Å². The van der Waals surface area contributed by atoms with Crippen molar-refractivity contribution in [3.05, 3.63) is 0 Å². The average molecular weight is 229 g/mol. The summed E-state index contributed by atoms with van der Waals surface area (Å²) in [4.78, 5) is 21.5. The van der Waals surface area contributed by atoms with Crippen molar-refractivity contribution in [3.8, 4) is 0 Å². The zero-order valence-electron chi connectivity index (χ0n) is 9.41. The number of carbonyl (C=O) groups excluding carboxylic acids is 1. The molecular weight excluding hydrogens is 210 g/mol. The topological polar surface area (TPSA) is 75.6 Å². The van der Waals surface area contributed by atoms with Crippen molar-refractivity contribution in [2.75, 3.05) is 13.2 Å². The van der Waals surface area contributed by atoms with Crippen molar-refractivity contribution < 1.29 is 19.4 Å². The van der Waals surface area contributed by atoms with Crippen LogP contribution >= 0.6 is 0 Å². The Balaban J connectivity index is 1.95. The van der Waals surface area contributed by atoms with Gasteiger partial charge in [0.15, 0.2) is 0 Å². The van der Waals surface area contributed by atoms with Gasteiger partial charge in [0.25, 0.3) is 0 Å². The van der Waals surface area contributed by atoms with Crippen LogP contribution in [0.15, 0.2) is 0 Å². The Bertz CT molecular complexity index is 236. The van der Waals surface area contributed by atoms with E-state index in [0.717, 1.165) is 25.9 Å². The number of nitrogens with one attached hydrogen (secondary N) is 1. The number of hydrogen-bond acceptors (Lipinski definition) is 3. The molecule has 1 saturated heterocycles. The molecule has 1 rings (SSSR count). The van der Waals surface area contributed by atoms with Crippen LogP contribution in [0.5, 0.6) is 0 Å². The quantitative estimate of drug-likeness (QED) is 0.637. The van der Waals surface area contributed by atoms with E-state index in [1.807, 2.05) is 0 Å².